The first kappa shape index (κ1) is 21.5. The van der Waals surface area contributed by atoms with E-state index in [1.165, 1.54) is 16.7 Å². The molecule has 0 radical (unpaired) electrons. The summed E-state index contributed by atoms with van der Waals surface area (Å²) in [5.74, 6) is 0. The van der Waals surface area contributed by atoms with Crippen LogP contribution in [0.15, 0.2) is 12.1 Å². The van der Waals surface area contributed by atoms with Crippen LogP contribution in [0.3, 0.4) is 0 Å². The van der Waals surface area contributed by atoms with E-state index in [1.807, 2.05) is 0 Å². The lowest BCUT2D eigenvalue weighted by atomic mass is 9.73. The fourth-order valence-electron chi connectivity index (χ4n) is 2.96. The molecule has 24 heavy (non-hydrogen) atoms. The first-order chi connectivity index (χ1) is 10.8. The second-order valence-electron chi connectivity index (χ2n) is 8.52. The Bertz CT molecular complexity index is 506. The summed E-state index contributed by atoms with van der Waals surface area (Å²) in [6.07, 6.45) is 0.502. The third-order valence-corrected chi connectivity index (χ3v) is 4.52. The minimum atomic E-state index is -2.32. The highest BCUT2D eigenvalue weighted by atomic mass is 31.2. The summed E-state index contributed by atoms with van der Waals surface area (Å²) in [5, 5.41) is 10.9. The van der Waals surface area contributed by atoms with Gasteiger partial charge in [0, 0.05) is 0 Å². The topological polar surface area (TPSA) is 69.9 Å². The molecule has 0 saturated heterocycles. The lowest BCUT2D eigenvalue weighted by Gasteiger charge is -2.33. The molecule has 0 fully saturated rings. The Kier molecular flexibility index (Phi) is 7.40. The maximum absolute atomic E-state index is 10.9. The van der Waals surface area contributed by atoms with Crippen molar-refractivity contribution >= 4 is 8.60 Å². The van der Waals surface area contributed by atoms with E-state index < -0.39 is 14.7 Å². The number of aryl methyl sites for hydroxylation is 1. The highest BCUT2D eigenvalue weighted by molar-refractivity contribution is 7.39. The van der Waals surface area contributed by atoms with Crippen molar-refractivity contribution in [3.05, 3.63) is 34.4 Å². The van der Waals surface area contributed by atoms with E-state index in [-0.39, 0.29) is 17.4 Å². The minimum absolute atomic E-state index is 0.0661. The zero-order valence-corrected chi connectivity index (χ0v) is 16.9. The van der Waals surface area contributed by atoms with Crippen molar-refractivity contribution < 1.29 is 19.4 Å². The van der Waals surface area contributed by atoms with Gasteiger partial charge in [-0.1, -0.05) is 59.2 Å². The fraction of sp³-hybridized carbons (Fsp3) is 0.684. The summed E-state index contributed by atoms with van der Waals surface area (Å²) in [7, 11) is -2.32. The third-order valence-electron chi connectivity index (χ3n) is 4.10. The smallest absolute Gasteiger partial charge is 0.327 e. The van der Waals surface area contributed by atoms with Crippen molar-refractivity contribution in [1.29, 1.82) is 0 Å². The van der Waals surface area contributed by atoms with Crippen molar-refractivity contribution in [2.75, 3.05) is 6.61 Å². The Morgan fingerprint density at radius 2 is 1.46 bits per heavy atom. The lowest BCUT2D eigenvalue weighted by Crippen LogP contribution is -2.23. The molecule has 0 aliphatic rings. The molecular formula is C19H33O4P. The number of aliphatic hydroxyl groups excluding tert-OH is 1. The molecule has 1 aromatic rings. The molecule has 138 valence electrons. The average Bonchev–Trinajstić information content (AvgIpc) is 2.40. The molecule has 0 bridgehead atoms. The molecule has 0 aromatic heterocycles. The number of benzene rings is 1. The zero-order chi connectivity index (χ0) is 18.7. The average molecular weight is 356 g/mol. The van der Waals surface area contributed by atoms with Gasteiger partial charge in [-0.05, 0) is 47.3 Å². The summed E-state index contributed by atoms with van der Waals surface area (Å²) in [6.45, 7) is 15.3. The standard InChI is InChI=1S/C19H33O4P/c1-13-11-14(18(2,3)4)17(15(12-13)19(5,6)7)16(20)9-8-10-23-24(21)22/h11-12,16,20-22H,8-10H2,1-7H3. The van der Waals surface area contributed by atoms with Gasteiger partial charge in [0.25, 0.3) is 0 Å². The van der Waals surface area contributed by atoms with Gasteiger partial charge >= 0.3 is 8.60 Å². The molecule has 1 aromatic carbocycles. The van der Waals surface area contributed by atoms with E-state index >= 15 is 0 Å². The van der Waals surface area contributed by atoms with Crippen LogP contribution in [-0.4, -0.2) is 21.5 Å². The van der Waals surface area contributed by atoms with Crippen LogP contribution >= 0.6 is 8.60 Å². The molecule has 3 N–H and O–H groups in total. The molecule has 1 atom stereocenters. The SMILES string of the molecule is Cc1cc(C(C)(C)C)c(C(O)CCCOP(O)O)c(C(C)(C)C)c1. The van der Waals surface area contributed by atoms with E-state index in [2.05, 4.69) is 60.6 Å². The minimum Gasteiger partial charge on any atom is -0.388 e. The summed E-state index contributed by atoms with van der Waals surface area (Å²) >= 11 is 0. The quantitative estimate of drug-likeness (QED) is 0.513. The van der Waals surface area contributed by atoms with Crippen LogP contribution in [-0.2, 0) is 15.4 Å². The summed E-state index contributed by atoms with van der Waals surface area (Å²) in [6, 6.07) is 4.34. The Balaban J connectivity index is 3.22. The van der Waals surface area contributed by atoms with Crippen LogP contribution in [0.4, 0.5) is 0 Å². The van der Waals surface area contributed by atoms with Gasteiger partial charge < -0.3 is 19.4 Å². The predicted molar refractivity (Wildman–Crippen MR) is 100 cm³/mol. The molecule has 0 aliphatic heterocycles. The Labute approximate surface area is 147 Å². The van der Waals surface area contributed by atoms with Crippen molar-refractivity contribution in [3.8, 4) is 0 Å². The Morgan fingerprint density at radius 3 is 1.83 bits per heavy atom. The van der Waals surface area contributed by atoms with Gasteiger partial charge in [-0.25, -0.2) is 0 Å². The Morgan fingerprint density at radius 1 is 1.00 bits per heavy atom. The van der Waals surface area contributed by atoms with Gasteiger partial charge in [-0.15, -0.1) is 0 Å². The second kappa shape index (κ2) is 8.25. The van der Waals surface area contributed by atoms with Crippen LogP contribution in [0.1, 0.15) is 82.7 Å². The number of aliphatic hydroxyl groups is 1. The molecule has 1 unspecified atom stereocenters. The predicted octanol–water partition coefficient (Wildman–Crippen LogP) is 4.63. The number of hydrogen-bond donors (Lipinski definition) is 3. The molecule has 0 saturated carbocycles. The van der Waals surface area contributed by atoms with Gasteiger partial charge in [0.15, 0.2) is 0 Å². The first-order valence-corrected chi connectivity index (χ1v) is 9.65. The molecular weight excluding hydrogens is 323 g/mol. The lowest BCUT2D eigenvalue weighted by molar-refractivity contribution is 0.147. The van der Waals surface area contributed by atoms with Crippen molar-refractivity contribution in [1.82, 2.24) is 0 Å². The monoisotopic (exact) mass is 356 g/mol. The van der Waals surface area contributed by atoms with Gasteiger partial charge in [-0.3, -0.25) is 0 Å². The van der Waals surface area contributed by atoms with Crippen LogP contribution in [0.5, 0.6) is 0 Å². The van der Waals surface area contributed by atoms with E-state index in [4.69, 9.17) is 14.3 Å². The normalized spacial score (nSPS) is 14.3. The van der Waals surface area contributed by atoms with Gasteiger partial charge in [0.2, 0.25) is 0 Å². The van der Waals surface area contributed by atoms with E-state index in [1.54, 1.807) is 0 Å². The molecule has 1 rings (SSSR count). The summed E-state index contributed by atoms with van der Waals surface area (Å²) in [5.41, 5.74) is 4.43. The molecule has 0 heterocycles. The molecule has 5 heteroatoms. The molecule has 4 nitrogen and oxygen atoms in total. The number of hydrogen-bond acceptors (Lipinski definition) is 4. The maximum Gasteiger partial charge on any atom is 0.327 e. The highest BCUT2D eigenvalue weighted by Crippen LogP contribution is 2.39. The largest absolute Gasteiger partial charge is 0.388 e. The van der Waals surface area contributed by atoms with Crippen LogP contribution in [0.2, 0.25) is 0 Å². The molecule has 0 spiro atoms. The van der Waals surface area contributed by atoms with E-state index in [0.29, 0.717) is 12.8 Å². The first-order valence-electron chi connectivity index (χ1n) is 8.48. The summed E-state index contributed by atoms with van der Waals surface area (Å²) < 4.78 is 4.81. The fourth-order valence-corrected chi connectivity index (χ4v) is 3.26. The number of rotatable bonds is 6. The second-order valence-corrected chi connectivity index (χ2v) is 9.28. The van der Waals surface area contributed by atoms with Crippen molar-refractivity contribution in [3.63, 3.8) is 0 Å². The van der Waals surface area contributed by atoms with Crippen LogP contribution in [0, 0.1) is 6.92 Å². The van der Waals surface area contributed by atoms with Gasteiger partial charge in [0.05, 0.1) is 12.7 Å². The van der Waals surface area contributed by atoms with E-state index in [0.717, 1.165) is 5.56 Å². The van der Waals surface area contributed by atoms with Crippen LogP contribution < -0.4 is 0 Å². The van der Waals surface area contributed by atoms with Crippen molar-refractivity contribution in [2.45, 2.75) is 78.2 Å². The third kappa shape index (κ3) is 6.09. The zero-order valence-electron chi connectivity index (χ0n) is 16.1. The maximum atomic E-state index is 10.9. The Hall–Kier alpha value is -0.510. The van der Waals surface area contributed by atoms with E-state index in [9.17, 15) is 5.11 Å². The molecule has 0 aliphatic carbocycles. The molecule has 0 amide bonds. The van der Waals surface area contributed by atoms with Gasteiger partial charge in [0.1, 0.15) is 0 Å². The van der Waals surface area contributed by atoms with Crippen molar-refractivity contribution in [2.24, 2.45) is 0 Å². The van der Waals surface area contributed by atoms with Gasteiger partial charge in [-0.2, -0.15) is 0 Å². The van der Waals surface area contributed by atoms with Crippen LogP contribution in [0.25, 0.3) is 0 Å². The summed E-state index contributed by atoms with van der Waals surface area (Å²) in [4.78, 5) is 17.6. The highest BCUT2D eigenvalue weighted by Gasteiger charge is 2.29.